The van der Waals surface area contributed by atoms with Crippen molar-refractivity contribution >= 4 is 0 Å². The van der Waals surface area contributed by atoms with Crippen LogP contribution in [0.4, 0.5) is 0 Å². The number of ether oxygens (including phenoxy) is 1. The number of benzene rings is 1. The van der Waals surface area contributed by atoms with Crippen LogP contribution in [0.5, 0.6) is 5.75 Å². The Kier molecular flexibility index (Phi) is 5.18. The molecule has 0 amide bonds. The third-order valence-electron chi connectivity index (χ3n) is 4.95. The molecule has 0 spiro atoms. The van der Waals surface area contributed by atoms with Crippen molar-refractivity contribution in [3.63, 3.8) is 0 Å². The lowest BCUT2D eigenvalue weighted by Gasteiger charge is -2.30. The summed E-state index contributed by atoms with van der Waals surface area (Å²) >= 11 is 0. The fourth-order valence-electron chi connectivity index (χ4n) is 3.82. The molecule has 0 heterocycles. The van der Waals surface area contributed by atoms with Crippen LogP contribution >= 0.6 is 0 Å². The van der Waals surface area contributed by atoms with Crippen LogP contribution in [-0.4, -0.2) is 12.6 Å². The van der Waals surface area contributed by atoms with Gasteiger partial charge in [0.05, 0.1) is 6.10 Å². The van der Waals surface area contributed by atoms with Crippen LogP contribution in [0.15, 0.2) is 18.2 Å². The molecule has 1 unspecified atom stereocenters. The standard InChI is InChI=1S/C19H29NO/c1-2-14-20-18-12-6-11-17-16(18)10-7-13-19(17)21-15-8-4-3-5-9-15/h7,10,13,15,18,20H,2-6,8-9,11-12,14H2,1H3. The molecule has 2 aliphatic carbocycles. The first-order valence-corrected chi connectivity index (χ1v) is 8.90. The summed E-state index contributed by atoms with van der Waals surface area (Å²) in [5, 5.41) is 3.70. The van der Waals surface area contributed by atoms with E-state index in [4.69, 9.17) is 4.74 Å². The molecule has 0 bridgehead atoms. The van der Waals surface area contributed by atoms with Crippen LogP contribution in [0.3, 0.4) is 0 Å². The molecule has 2 heteroatoms. The van der Waals surface area contributed by atoms with Crippen molar-refractivity contribution in [2.45, 2.75) is 76.9 Å². The van der Waals surface area contributed by atoms with E-state index < -0.39 is 0 Å². The molecule has 2 nitrogen and oxygen atoms in total. The molecule has 1 atom stereocenters. The van der Waals surface area contributed by atoms with Crippen molar-refractivity contribution in [2.24, 2.45) is 0 Å². The summed E-state index contributed by atoms with van der Waals surface area (Å²) in [5.74, 6) is 1.17. The Balaban J connectivity index is 1.75. The van der Waals surface area contributed by atoms with Crippen LogP contribution in [0, 0.1) is 0 Å². The minimum atomic E-state index is 0.453. The summed E-state index contributed by atoms with van der Waals surface area (Å²) in [5.41, 5.74) is 2.96. The van der Waals surface area contributed by atoms with E-state index >= 15 is 0 Å². The quantitative estimate of drug-likeness (QED) is 0.842. The van der Waals surface area contributed by atoms with Crippen molar-refractivity contribution in [1.82, 2.24) is 5.32 Å². The van der Waals surface area contributed by atoms with Gasteiger partial charge in [0.1, 0.15) is 5.75 Å². The predicted octanol–water partition coefficient (Wildman–Crippen LogP) is 4.78. The van der Waals surface area contributed by atoms with Gasteiger partial charge in [0.15, 0.2) is 0 Å². The zero-order valence-corrected chi connectivity index (χ0v) is 13.4. The maximum Gasteiger partial charge on any atom is 0.123 e. The second-order valence-electron chi connectivity index (χ2n) is 6.60. The highest BCUT2D eigenvalue weighted by molar-refractivity contribution is 5.43. The van der Waals surface area contributed by atoms with E-state index in [-0.39, 0.29) is 0 Å². The predicted molar refractivity (Wildman–Crippen MR) is 87.9 cm³/mol. The van der Waals surface area contributed by atoms with Crippen molar-refractivity contribution < 1.29 is 4.74 Å². The summed E-state index contributed by atoms with van der Waals surface area (Å²) in [6, 6.07) is 7.21. The van der Waals surface area contributed by atoms with Gasteiger partial charge in [-0.25, -0.2) is 0 Å². The Morgan fingerprint density at radius 2 is 1.95 bits per heavy atom. The molecule has 3 rings (SSSR count). The molecule has 0 radical (unpaired) electrons. The highest BCUT2D eigenvalue weighted by Crippen LogP contribution is 2.36. The Hall–Kier alpha value is -1.02. The molecule has 1 fully saturated rings. The average molecular weight is 287 g/mol. The minimum Gasteiger partial charge on any atom is -0.490 e. The molecule has 2 aliphatic rings. The summed E-state index contributed by atoms with van der Waals surface area (Å²) in [6.45, 7) is 3.34. The Morgan fingerprint density at radius 1 is 1.10 bits per heavy atom. The maximum absolute atomic E-state index is 6.38. The fourth-order valence-corrected chi connectivity index (χ4v) is 3.82. The fraction of sp³-hybridized carbons (Fsp3) is 0.684. The molecule has 1 aromatic carbocycles. The number of hydrogen-bond acceptors (Lipinski definition) is 2. The van der Waals surface area contributed by atoms with E-state index in [1.165, 1.54) is 74.7 Å². The Morgan fingerprint density at radius 3 is 2.76 bits per heavy atom. The zero-order valence-electron chi connectivity index (χ0n) is 13.4. The molecule has 0 aliphatic heterocycles. The molecule has 1 saturated carbocycles. The lowest BCUT2D eigenvalue weighted by Crippen LogP contribution is -2.27. The lowest BCUT2D eigenvalue weighted by molar-refractivity contribution is 0.153. The van der Waals surface area contributed by atoms with Crippen molar-refractivity contribution in [1.29, 1.82) is 0 Å². The molecule has 0 aromatic heterocycles. The molecule has 116 valence electrons. The number of nitrogens with one attached hydrogen (secondary N) is 1. The third kappa shape index (κ3) is 3.60. The van der Waals surface area contributed by atoms with Gasteiger partial charge in [-0.15, -0.1) is 0 Å². The summed E-state index contributed by atoms with van der Waals surface area (Å²) in [6.07, 6.45) is 11.9. The van der Waals surface area contributed by atoms with Gasteiger partial charge in [0.2, 0.25) is 0 Å². The smallest absolute Gasteiger partial charge is 0.123 e. The second kappa shape index (κ2) is 7.31. The van der Waals surface area contributed by atoms with Crippen molar-refractivity contribution in [3.8, 4) is 5.75 Å². The first-order valence-electron chi connectivity index (χ1n) is 8.90. The maximum atomic E-state index is 6.38. The largest absolute Gasteiger partial charge is 0.490 e. The zero-order chi connectivity index (χ0) is 14.5. The SMILES string of the molecule is CCCNC1CCCc2c(OC3CCCCC3)cccc21. The van der Waals surface area contributed by atoms with Crippen molar-refractivity contribution in [3.05, 3.63) is 29.3 Å². The van der Waals surface area contributed by atoms with Gasteiger partial charge in [0.25, 0.3) is 0 Å². The third-order valence-corrected chi connectivity index (χ3v) is 4.95. The Bertz CT molecular complexity index is 451. The van der Waals surface area contributed by atoms with E-state index in [1.807, 2.05) is 0 Å². The minimum absolute atomic E-state index is 0.453. The number of hydrogen-bond donors (Lipinski definition) is 1. The molecular formula is C19H29NO. The average Bonchev–Trinajstić information content (AvgIpc) is 2.54. The van der Waals surface area contributed by atoms with Gasteiger partial charge >= 0.3 is 0 Å². The summed E-state index contributed by atoms with van der Waals surface area (Å²) < 4.78 is 6.38. The van der Waals surface area contributed by atoms with E-state index in [2.05, 4.69) is 30.4 Å². The van der Waals surface area contributed by atoms with Gasteiger partial charge < -0.3 is 10.1 Å². The van der Waals surface area contributed by atoms with Crippen LogP contribution < -0.4 is 10.1 Å². The number of fused-ring (bicyclic) bond motifs is 1. The molecule has 21 heavy (non-hydrogen) atoms. The second-order valence-corrected chi connectivity index (χ2v) is 6.60. The van der Waals surface area contributed by atoms with E-state index in [0.717, 1.165) is 6.54 Å². The lowest BCUT2D eigenvalue weighted by atomic mass is 9.87. The summed E-state index contributed by atoms with van der Waals surface area (Å²) in [4.78, 5) is 0. The van der Waals surface area contributed by atoms with Gasteiger partial charge in [-0.05, 0) is 75.1 Å². The molecule has 0 saturated heterocycles. The van der Waals surface area contributed by atoms with Gasteiger partial charge in [0, 0.05) is 6.04 Å². The van der Waals surface area contributed by atoms with Crippen LogP contribution in [0.2, 0.25) is 0 Å². The van der Waals surface area contributed by atoms with E-state index in [0.29, 0.717) is 12.1 Å². The molecular weight excluding hydrogens is 258 g/mol. The molecule has 1 N–H and O–H groups in total. The first kappa shape index (κ1) is 14.9. The van der Waals surface area contributed by atoms with Crippen LogP contribution in [-0.2, 0) is 6.42 Å². The van der Waals surface area contributed by atoms with Crippen LogP contribution in [0.25, 0.3) is 0 Å². The highest BCUT2D eigenvalue weighted by atomic mass is 16.5. The highest BCUT2D eigenvalue weighted by Gasteiger charge is 2.24. The number of rotatable bonds is 5. The van der Waals surface area contributed by atoms with E-state index in [9.17, 15) is 0 Å². The monoisotopic (exact) mass is 287 g/mol. The van der Waals surface area contributed by atoms with Gasteiger partial charge in [-0.3, -0.25) is 0 Å². The molecule has 1 aromatic rings. The normalized spacial score (nSPS) is 22.8. The van der Waals surface area contributed by atoms with Crippen molar-refractivity contribution in [2.75, 3.05) is 6.54 Å². The van der Waals surface area contributed by atoms with Gasteiger partial charge in [-0.1, -0.05) is 25.5 Å². The Labute approximate surface area is 129 Å². The van der Waals surface area contributed by atoms with E-state index in [1.54, 1.807) is 0 Å². The van der Waals surface area contributed by atoms with Crippen LogP contribution in [0.1, 0.15) is 75.5 Å². The first-order chi connectivity index (χ1) is 10.4. The topological polar surface area (TPSA) is 21.3 Å². The van der Waals surface area contributed by atoms with Gasteiger partial charge in [-0.2, -0.15) is 0 Å². The summed E-state index contributed by atoms with van der Waals surface area (Å²) in [7, 11) is 0.